The number of rotatable bonds is 2. The summed E-state index contributed by atoms with van der Waals surface area (Å²) in [6, 6.07) is 1.82. The van der Waals surface area contributed by atoms with E-state index in [2.05, 4.69) is 5.32 Å². The van der Waals surface area contributed by atoms with Crippen molar-refractivity contribution in [1.82, 2.24) is 5.32 Å². The van der Waals surface area contributed by atoms with Gasteiger partial charge in [0.15, 0.2) is 5.70 Å². The minimum absolute atomic E-state index is 0.0411. The molecule has 0 aromatic heterocycles. The molecule has 0 bridgehead atoms. The quantitative estimate of drug-likeness (QED) is 0.427. The van der Waals surface area contributed by atoms with Crippen molar-refractivity contribution in [2.45, 2.75) is 13.8 Å². The van der Waals surface area contributed by atoms with E-state index < -0.39 is 0 Å². The summed E-state index contributed by atoms with van der Waals surface area (Å²) in [6.07, 6.45) is 0. The molecule has 0 rings (SSSR count). The molecule has 0 aromatic carbocycles. The zero-order valence-corrected chi connectivity index (χ0v) is 5.60. The molecule has 0 heterocycles. The first-order valence-electron chi connectivity index (χ1n) is 2.76. The molecule has 0 aliphatic carbocycles. The molecule has 0 saturated carbocycles. The predicted molar refractivity (Wildman–Crippen MR) is 34.6 cm³/mol. The van der Waals surface area contributed by atoms with Crippen molar-refractivity contribution in [2.75, 3.05) is 6.54 Å². The summed E-state index contributed by atoms with van der Waals surface area (Å²) >= 11 is 0. The number of aliphatic hydroxyl groups excluding tert-OH is 1. The lowest BCUT2D eigenvalue weighted by molar-refractivity contribution is 0.404. The molecule has 0 aliphatic rings. The first-order valence-corrected chi connectivity index (χ1v) is 2.76. The minimum Gasteiger partial charge on any atom is -0.510 e. The summed E-state index contributed by atoms with van der Waals surface area (Å²) in [4.78, 5) is 0. The van der Waals surface area contributed by atoms with Crippen LogP contribution in [0.5, 0.6) is 0 Å². The maximum absolute atomic E-state index is 8.74. The Morgan fingerprint density at radius 2 is 2.33 bits per heavy atom. The summed E-state index contributed by atoms with van der Waals surface area (Å²) in [6.45, 7) is 3.99. The smallest absolute Gasteiger partial charge is 0.151 e. The van der Waals surface area contributed by atoms with Gasteiger partial charge in [-0.25, -0.2) is 0 Å². The second-order valence-electron chi connectivity index (χ2n) is 1.60. The fourth-order valence-electron chi connectivity index (χ4n) is 0.425. The van der Waals surface area contributed by atoms with Crippen LogP contribution < -0.4 is 5.32 Å². The van der Waals surface area contributed by atoms with Crippen LogP contribution in [0.1, 0.15) is 13.8 Å². The van der Waals surface area contributed by atoms with E-state index in [9.17, 15) is 0 Å². The molecule has 9 heavy (non-hydrogen) atoms. The first-order chi connectivity index (χ1) is 4.22. The highest BCUT2D eigenvalue weighted by Crippen LogP contribution is 1.92. The fraction of sp³-hybridized carbons (Fsp3) is 0.500. The first kappa shape index (κ1) is 7.83. The van der Waals surface area contributed by atoms with Crippen LogP contribution in [0.3, 0.4) is 0 Å². The third-order valence-corrected chi connectivity index (χ3v) is 0.827. The largest absolute Gasteiger partial charge is 0.510 e. The number of nitriles is 1. The van der Waals surface area contributed by atoms with Gasteiger partial charge in [-0.05, 0) is 13.8 Å². The lowest BCUT2D eigenvalue weighted by Gasteiger charge is -1.98. The van der Waals surface area contributed by atoms with Gasteiger partial charge in [0.1, 0.15) is 11.8 Å². The second-order valence-corrected chi connectivity index (χ2v) is 1.60. The van der Waals surface area contributed by atoms with Crippen LogP contribution in [-0.2, 0) is 0 Å². The van der Waals surface area contributed by atoms with Crippen LogP contribution in [0.15, 0.2) is 11.5 Å². The molecule has 0 aliphatic heterocycles. The Morgan fingerprint density at radius 3 is 2.44 bits per heavy atom. The number of hydrogen-bond donors (Lipinski definition) is 2. The van der Waals surface area contributed by atoms with Gasteiger partial charge in [-0.15, -0.1) is 0 Å². The van der Waals surface area contributed by atoms with Crippen molar-refractivity contribution >= 4 is 0 Å². The minimum atomic E-state index is 0.0411. The maximum atomic E-state index is 8.74. The maximum Gasteiger partial charge on any atom is 0.151 e. The van der Waals surface area contributed by atoms with Crippen LogP contribution in [0.25, 0.3) is 0 Å². The zero-order chi connectivity index (χ0) is 7.28. The SMILES string of the molecule is CCN/C(C#N)=C(/C)O. The van der Waals surface area contributed by atoms with Gasteiger partial charge in [0.25, 0.3) is 0 Å². The number of nitrogens with zero attached hydrogens (tertiary/aromatic N) is 1. The van der Waals surface area contributed by atoms with E-state index in [1.54, 1.807) is 0 Å². The summed E-state index contributed by atoms with van der Waals surface area (Å²) in [7, 11) is 0. The predicted octanol–water partition coefficient (Wildman–Crippen LogP) is 0.909. The molecular formula is C6H10N2O. The molecule has 0 radical (unpaired) electrons. The molecule has 3 nitrogen and oxygen atoms in total. The highest BCUT2D eigenvalue weighted by atomic mass is 16.3. The number of nitrogens with one attached hydrogen (secondary N) is 1. The molecule has 0 spiro atoms. The van der Waals surface area contributed by atoms with Gasteiger partial charge in [-0.3, -0.25) is 0 Å². The summed E-state index contributed by atoms with van der Waals surface area (Å²) < 4.78 is 0. The Morgan fingerprint density at radius 1 is 1.78 bits per heavy atom. The van der Waals surface area contributed by atoms with Gasteiger partial charge < -0.3 is 10.4 Å². The van der Waals surface area contributed by atoms with E-state index in [0.717, 1.165) is 0 Å². The summed E-state index contributed by atoms with van der Waals surface area (Å²) in [5, 5.41) is 19.7. The second kappa shape index (κ2) is 3.79. The van der Waals surface area contributed by atoms with E-state index in [-0.39, 0.29) is 11.5 Å². The molecule has 0 amide bonds. The summed E-state index contributed by atoms with van der Waals surface area (Å²) in [5.74, 6) is 0.0411. The van der Waals surface area contributed by atoms with E-state index >= 15 is 0 Å². The molecule has 3 heteroatoms. The van der Waals surface area contributed by atoms with Crippen molar-refractivity contribution in [3.63, 3.8) is 0 Å². The molecule has 0 aromatic rings. The highest BCUT2D eigenvalue weighted by molar-refractivity contribution is 5.20. The molecule has 0 atom stereocenters. The van der Waals surface area contributed by atoms with Crippen molar-refractivity contribution in [3.8, 4) is 6.07 Å². The zero-order valence-electron chi connectivity index (χ0n) is 5.60. The highest BCUT2D eigenvalue weighted by Gasteiger charge is 1.94. The van der Waals surface area contributed by atoms with Crippen molar-refractivity contribution < 1.29 is 5.11 Å². The Balaban J connectivity index is 4.04. The van der Waals surface area contributed by atoms with Crippen molar-refractivity contribution in [1.29, 1.82) is 5.26 Å². The van der Waals surface area contributed by atoms with E-state index in [0.29, 0.717) is 6.54 Å². The van der Waals surface area contributed by atoms with Gasteiger partial charge in [0.05, 0.1) is 0 Å². The molecule has 0 saturated heterocycles. The lowest BCUT2D eigenvalue weighted by atomic mass is 10.4. The van der Waals surface area contributed by atoms with Crippen molar-refractivity contribution in [3.05, 3.63) is 11.5 Å². The normalized spacial score (nSPS) is 11.7. The lowest BCUT2D eigenvalue weighted by Crippen LogP contribution is -2.12. The van der Waals surface area contributed by atoms with Crippen LogP contribution >= 0.6 is 0 Å². The number of aliphatic hydroxyl groups is 1. The average Bonchev–Trinajstić information content (AvgIpc) is 1.82. The van der Waals surface area contributed by atoms with Gasteiger partial charge in [-0.2, -0.15) is 5.26 Å². The number of hydrogen-bond acceptors (Lipinski definition) is 3. The van der Waals surface area contributed by atoms with Gasteiger partial charge in [-0.1, -0.05) is 0 Å². The number of allylic oxidation sites excluding steroid dienone is 2. The van der Waals surface area contributed by atoms with Gasteiger partial charge in [0.2, 0.25) is 0 Å². The van der Waals surface area contributed by atoms with Crippen LogP contribution in [0.2, 0.25) is 0 Å². The third kappa shape index (κ3) is 2.60. The molecule has 0 unspecified atom stereocenters. The monoisotopic (exact) mass is 126 g/mol. The average molecular weight is 126 g/mol. The Labute approximate surface area is 54.6 Å². The molecule has 2 N–H and O–H groups in total. The van der Waals surface area contributed by atoms with Crippen LogP contribution in [0, 0.1) is 11.3 Å². The Hall–Kier alpha value is -1.17. The molecular weight excluding hydrogens is 116 g/mol. The fourth-order valence-corrected chi connectivity index (χ4v) is 0.425. The van der Waals surface area contributed by atoms with E-state index in [4.69, 9.17) is 10.4 Å². The van der Waals surface area contributed by atoms with Crippen molar-refractivity contribution in [2.24, 2.45) is 0 Å². The standard InChI is InChI=1S/C6H10N2O/c1-3-8-6(4-7)5(2)9/h8-9H,3H2,1-2H3/b6-5-. The molecule has 50 valence electrons. The topological polar surface area (TPSA) is 56.0 Å². The third-order valence-electron chi connectivity index (χ3n) is 0.827. The Bertz CT molecular complexity index is 151. The summed E-state index contributed by atoms with van der Waals surface area (Å²) in [5.41, 5.74) is 0.248. The van der Waals surface area contributed by atoms with Crippen LogP contribution in [-0.4, -0.2) is 11.7 Å². The van der Waals surface area contributed by atoms with E-state index in [1.807, 2.05) is 13.0 Å². The van der Waals surface area contributed by atoms with Gasteiger partial charge in [0, 0.05) is 6.54 Å². The Kier molecular flexibility index (Phi) is 3.29. The van der Waals surface area contributed by atoms with Gasteiger partial charge >= 0.3 is 0 Å². The van der Waals surface area contributed by atoms with Crippen LogP contribution in [0.4, 0.5) is 0 Å². The van der Waals surface area contributed by atoms with E-state index in [1.165, 1.54) is 6.92 Å². The molecule has 0 fully saturated rings.